The number of likely N-dealkylation sites (N-methyl/N-ethyl adjacent to an activating group) is 1. The Morgan fingerprint density at radius 3 is 2.60 bits per heavy atom. The van der Waals surface area contributed by atoms with Crippen LogP contribution < -0.4 is 5.32 Å². The van der Waals surface area contributed by atoms with Crippen molar-refractivity contribution in [1.82, 2.24) is 4.90 Å². The molecule has 0 aromatic heterocycles. The number of fused-ring (bicyclic) bond motifs is 3. The maximum absolute atomic E-state index is 13.4. The van der Waals surface area contributed by atoms with E-state index in [1.165, 1.54) is 12.1 Å². The monoisotopic (exact) mass is 420 g/mol. The number of aliphatic hydroxyl groups is 1. The first-order valence-electron chi connectivity index (χ1n) is 10.3. The SMILES string of the molecule is CN(CCO)C[C@H]1CC[C@@H]2[C@H](O1)c1cc(C(F)(F)F)ccc1N[C@H]2c1ccccc1. The Balaban J connectivity index is 1.68. The van der Waals surface area contributed by atoms with Gasteiger partial charge in [0.15, 0.2) is 0 Å². The molecule has 2 aromatic rings. The predicted octanol–water partition coefficient (Wildman–Crippen LogP) is 4.63. The molecule has 0 saturated carbocycles. The molecule has 0 radical (unpaired) electrons. The van der Waals surface area contributed by atoms with Gasteiger partial charge in [0.1, 0.15) is 0 Å². The molecule has 0 bridgehead atoms. The second-order valence-corrected chi connectivity index (χ2v) is 8.24. The maximum Gasteiger partial charge on any atom is 0.416 e. The molecule has 2 aliphatic heterocycles. The van der Waals surface area contributed by atoms with E-state index in [9.17, 15) is 13.2 Å². The number of alkyl halides is 3. The van der Waals surface area contributed by atoms with Crippen LogP contribution in [0.15, 0.2) is 48.5 Å². The molecule has 30 heavy (non-hydrogen) atoms. The molecule has 2 heterocycles. The molecule has 2 aliphatic rings. The lowest BCUT2D eigenvalue weighted by Gasteiger charge is -2.46. The van der Waals surface area contributed by atoms with Crippen LogP contribution in [0.5, 0.6) is 0 Å². The van der Waals surface area contributed by atoms with Crippen LogP contribution in [0.25, 0.3) is 0 Å². The van der Waals surface area contributed by atoms with Gasteiger partial charge in [-0.25, -0.2) is 0 Å². The summed E-state index contributed by atoms with van der Waals surface area (Å²) < 4.78 is 46.5. The summed E-state index contributed by atoms with van der Waals surface area (Å²) in [6.45, 7) is 1.24. The zero-order valence-corrected chi connectivity index (χ0v) is 16.9. The van der Waals surface area contributed by atoms with Crippen LogP contribution in [0.4, 0.5) is 18.9 Å². The first kappa shape index (κ1) is 21.2. The highest BCUT2D eigenvalue weighted by Gasteiger charge is 2.43. The van der Waals surface area contributed by atoms with Crippen LogP contribution in [0, 0.1) is 5.92 Å². The fraction of sp³-hybridized carbons (Fsp3) is 0.478. The Bertz CT molecular complexity index is 859. The number of nitrogens with zero attached hydrogens (tertiary/aromatic N) is 1. The van der Waals surface area contributed by atoms with Crippen molar-refractivity contribution >= 4 is 5.69 Å². The number of hydrogen-bond acceptors (Lipinski definition) is 4. The fourth-order valence-corrected chi connectivity index (χ4v) is 4.67. The normalized spacial score (nSPS) is 26.1. The second kappa shape index (κ2) is 8.57. The Morgan fingerprint density at radius 2 is 1.90 bits per heavy atom. The van der Waals surface area contributed by atoms with Gasteiger partial charge < -0.3 is 20.1 Å². The van der Waals surface area contributed by atoms with E-state index in [0.717, 1.165) is 24.5 Å². The van der Waals surface area contributed by atoms with E-state index in [-0.39, 0.29) is 24.7 Å². The van der Waals surface area contributed by atoms with Crippen molar-refractivity contribution in [1.29, 1.82) is 0 Å². The smallest absolute Gasteiger partial charge is 0.395 e. The average molecular weight is 420 g/mol. The Kier molecular flexibility index (Phi) is 6.04. The standard InChI is InChI=1S/C23H27F3N2O2/c1-28(11-12-29)14-17-8-9-18-21(15-5-3-2-4-6-15)27-20-10-7-16(23(24,25)26)13-19(20)22(18)30-17/h2-7,10,13,17-18,21-22,27,29H,8-9,11-12,14H2,1H3/t17-,18+,21+,22+/m1/s1. The third-order valence-corrected chi connectivity index (χ3v) is 6.13. The van der Waals surface area contributed by atoms with Gasteiger partial charge in [0.25, 0.3) is 0 Å². The summed E-state index contributed by atoms with van der Waals surface area (Å²) in [5.74, 6) is 0.0442. The summed E-state index contributed by atoms with van der Waals surface area (Å²) in [5, 5.41) is 12.6. The number of rotatable bonds is 5. The minimum absolute atomic E-state index is 0.0171. The number of aliphatic hydroxyl groups excluding tert-OH is 1. The largest absolute Gasteiger partial charge is 0.416 e. The van der Waals surface area contributed by atoms with Crippen LogP contribution >= 0.6 is 0 Å². The van der Waals surface area contributed by atoms with Gasteiger partial charge in [0.2, 0.25) is 0 Å². The first-order chi connectivity index (χ1) is 14.4. The Morgan fingerprint density at radius 1 is 1.13 bits per heavy atom. The zero-order chi connectivity index (χ0) is 21.3. The Hall–Kier alpha value is -2.09. The number of halogens is 3. The topological polar surface area (TPSA) is 44.7 Å². The number of anilines is 1. The molecule has 4 rings (SSSR count). The van der Waals surface area contributed by atoms with Crippen LogP contribution in [0.3, 0.4) is 0 Å². The van der Waals surface area contributed by atoms with Crippen molar-refractivity contribution < 1.29 is 23.0 Å². The van der Waals surface area contributed by atoms with Gasteiger partial charge in [0.05, 0.1) is 30.4 Å². The van der Waals surface area contributed by atoms with Crippen LogP contribution in [-0.2, 0) is 10.9 Å². The number of benzene rings is 2. The fourth-order valence-electron chi connectivity index (χ4n) is 4.67. The van der Waals surface area contributed by atoms with E-state index in [1.807, 2.05) is 42.3 Å². The van der Waals surface area contributed by atoms with Crippen molar-refractivity contribution in [2.24, 2.45) is 5.92 Å². The van der Waals surface area contributed by atoms with Crippen molar-refractivity contribution in [3.05, 3.63) is 65.2 Å². The third-order valence-electron chi connectivity index (χ3n) is 6.13. The summed E-state index contributed by atoms with van der Waals surface area (Å²) in [5.41, 5.74) is 1.74. The summed E-state index contributed by atoms with van der Waals surface area (Å²) in [7, 11) is 1.91. The lowest BCUT2D eigenvalue weighted by atomic mass is 9.76. The van der Waals surface area contributed by atoms with Crippen molar-refractivity contribution in [2.75, 3.05) is 32.1 Å². The molecule has 0 aliphatic carbocycles. The van der Waals surface area contributed by atoms with E-state index < -0.39 is 17.8 Å². The molecule has 4 nitrogen and oxygen atoms in total. The molecule has 0 amide bonds. The molecule has 0 unspecified atom stereocenters. The highest BCUT2D eigenvalue weighted by atomic mass is 19.4. The predicted molar refractivity (Wildman–Crippen MR) is 109 cm³/mol. The lowest BCUT2D eigenvalue weighted by molar-refractivity contribution is -0.138. The van der Waals surface area contributed by atoms with Crippen molar-refractivity contribution in [2.45, 2.75) is 37.3 Å². The third kappa shape index (κ3) is 4.33. The van der Waals surface area contributed by atoms with Crippen LogP contribution in [-0.4, -0.2) is 42.9 Å². The highest BCUT2D eigenvalue weighted by molar-refractivity contribution is 5.58. The molecule has 2 N–H and O–H groups in total. The first-order valence-corrected chi connectivity index (χ1v) is 10.3. The van der Waals surface area contributed by atoms with E-state index >= 15 is 0 Å². The molecule has 162 valence electrons. The van der Waals surface area contributed by atoms with Gasteiger partial charge in [-0.3, -0.25) is 0 Å². The van der Waals surface area contributed by atoms with Gasteiger partial charge in [-0.1, -0.05) is 30.3 Å². The summed E-state index contributed by atoms with van der Waals surface area (Å²) in [6.07, 6.45) is -3.20. The molecule has 4 atom stereocenters. The quantitative estimate of drug-likeness (QED) is 0.740. The van der Waals surface area contributed by atoms with Gasteiger partial charge in [-0.05, 0) is 43.7 Å². The van der Waals surface area contributed by atoms with E-state index in [0.29, 0.717) is 24.3 Å². The molecular formula is C23H27F3N2O2. The van der Waals surface area contributed by atoms with E-state index in [4.69, 9.17) is 9.84 Å². The Labute approximate surface area is 174 Å². The second-order valence-electron chi connectivity index (χ2n) is 8.24. The minimum Gasteiger partial charge on any atom is -0.395 e. The average Bonchev–Trinajstić information content (AvgIpc) is 2.73. The van der Waals surface area contributed by atoms with Gasteiger partial charge >= 0.3 is 6.18 Å². The molecule has 7 heteroatoms. The zero-order valence-electron chi connectivity index (χ0n) is 16.9. The molecule has 1 saturated heterocycles. The van der Waals surface area contributed by atoms with Crippen LogP contribution in [0.1, 0.15) is 41.7 Å². The van der Waals surface area contributed by atoms with E-state index in [1.54, 1.807) is 0 Å². The van der Waals surface area contributed by atoms with Crippen molar-refractivity contribution in [3.63, 3.8) is 0 Å². The number of ether oxygens (including phenoxy) is 1. The molecule has 0 spiro atoms. The van der Waals surface area contributed by atoms with Gasteiger partial charge in [-0.2, -0.15) is 13.2 Å². The molecule has 2 aromatic carbocycles. The van der Waals surface area contributed by atoms with E-state index in [2.05, 4.69) is 5.32 Å². The summed E-state index contributed by atoms with van der Waals surface area (Å²) in [4.78, 5) is 1.99. The molecule has 1 fully saturated rings. The highest BCUT2D eigenvalue weighted by Crippen LogP contribution is 2.51. The minimum atomic E-state index is -4.39. The van der Waals surface area contributed by atoms with Crippen molar-refractivity contribution in [3.8, 4) is 0 Å². The maximum atomic E-state index is 13.4. The number of nitrogens with one attached hydrogen (secondary N) is 1. The van der Waals surface area contributed by atoms with Gasteiger partial charge in [0, 0.05) is 30.3 Å². The van der Waals surface area contributed by atoms with Gasteiger partial charge in [-0.15, -0.1) is 0 Å². The summed E-state index contributed by atoms with van der Waals surface area (Å²) >= 11 is 0. The number of hydrogen-bond donors (Lipinski definition) is 2. The lowest BCUT2D eigenvalue weighted by Crippen LogP contribution is -2.42. The molecular weight excluding hydrogens is 393 g/mol. The summed E-state index contributed by atoms with van der Waals surface area (Å²) in [6, 6.07) is 13.9. The van der Waals surface area contributed by atoms with Crippen LogP contribution in [0.2, 0.25) is 0 Å².